The second-order valence-electron chi connectivity index (χ2n) is 6.86. The fourth-order valence-corrected chi connectivity index (χ4v) is 3.65. The molecular weight excluding hydrogens is 320 g/mol. The van der Waals surface area contributed by atoms with E-state index in [2.05, 4.69) is 20.2 Å². The number of carbonyl (C=O) groups is 1. The molecule has 1 aromatic rings. The van der Waals surface area contributed by atoms with Gasteiger partial charge in [0.15, 0.2) is 0 Å². The summed E-state index contributed by atoms with van der Waals surface area (Å²) in [5.74, 6) is 1.88. The maximum absolute atomic E-state index is 12.5. The van der Waals surface area contributed by atoms with E-state index in [1.807, 2.05) is 0 Å². The third kappa shape index (κ3) is 4.52. The minimum atomic E-state index is 0.0886. The normalized spacial score (nSPS) is 19.5. The first-order chi connectivity index (χ1) is 12.2. The Morgan fingerprint density at radius 2 is 1.64 bits per heavy atom. The summed E-state index contributed by atoms with van der Waals surface area (Å²) in [6, 6.07) is 2.04. The minimum absolute atomic E-state index is 0.0886. The zero-order valence-electron chi connectivity index (χ0n) is 15.2. The Kier molecular flexibility index (Phi) is 5.94. The lowest BCUT2D eigenvalue weighted by molar-refractivity contribution is -0.126. The number of piperidine rings is 1. The van der Waals surface area contributed by atoms with Crippen LogP contribution in [0.15, 0.2) is 6.07 Å². The highest BCUT2D eigenvalue weighted by Gasteiger charge is 2.28. The fourth-order valence-electron chi connectivity index (χ4n) is 3.65. The van der Waals surface area contributed by atoms with Gasteiger partial charge >= 0.3 is 0 Å². The van der Waals surface area contributed by atoms with Crippen molar-refractivity contribution in [3.63, 3.8) is 0 Å². The van der Waals surface area contributed by atoms with E-state index in [9.17, 15) is 4.79 Å². The predicted octanol–water partition coefficient (Wildman–Crippen LogP) is 2.16. The molecule has 1 aromatic heterocycles. The number of nitrogens with zero attached hydrogens (tertiary/aromatic N) is 3. The van der Waals surface area contributed by atoms with Crippen LogP contribution in [0.5, 0.6) is 11.8 Å². The standard InChI is InChI=1S/C18H28N4O3/c1-24-15-12-16(25-2)21-18(20-15)22-10-8-13(9-11-22)17(23)19-14-6-4-3-5-7-14/h12-14H,3-11H2,1-2H3,(H,19,23). The van der Waals surface area contributed by atoms with Crippen molar-refractivity contribution < 1.29 is 14.3 Å². The molecule has 0 spiro atoms. The number of aromatic nitrogens is 2. The van der Waals surface area contributed by atoms with Crippen LogP contribution in [0, 0.1) is 5.92 Å². The van der Waals surface area contributed by atoms with Gasteiger partial charge in [-0.2, -0.15) is 9.97 Å². The first-order valence-corrected chi connectivity index (χ1v) is 9.22. The Hall–Kier alpha value is -2.05. The monoisotopic (exact) mass is 348 g/mol. The molecule has 1 N–H and O–H groups in total. The van der Waals surface area contributed by atoms with Crippen LogP contribution >= 0.6 is 0 Å². The van der Waals surface area contributed by atoms with Crippen molar-refractivity contribution >= 4 is 11.9 Å². The number of nitrogens with one attached hydrogen (secondary N) is 1. The summed E-state index contributed by atoms with van der Waals surface area (Å²) in [5, 5.41) is 3.25. The lowest BCUT2D eigenvalue weighted by Gasteiger charge is -2.32. The van der Waals surface area contributed by atoms with E-state index in [4.69, 9.17) is 9.47 Å². The van der Waals surface area contributed by atoms with Gasteiger partial charge in [-0.05, 0) is 25.7 Å². The molecule has 1 amide bonds. The minimum Gasteiger partial charge on any atom is -0.481 e. The molecule has 1 saturated heterocycles. The molecule has 2 fully saturated rings. The van der Waals surface area contributed by atoms with Crippen LogP contribution in [-0.2, 0) is 4.79 Å². The quantitative estimate of drug-likeness (QED) is 0.879. The number of anilines is 1. The number of ether oxygens (including phenoxy) is 2. The molecule has 0 bridgehead atoms. The maximum atomic E-state index is 12.5. The Morgan fingerprint density at radius 3 is 2.20 bits per heavy atom. The summed E-state index contributed by atoms with van der Waals surface area (Å²) < 4.78 is 10.4. The summed E-state index contributed by atoms with van der Waals surface area (Å²) in [6.45, 7) is 1.53. The molecule has 138 valence electrons. The summed E-state index contributed by atoms with van der Waals surface area (Å²) >= 11 is 0. The molecule has 3 rings (SSSR count). The predicted molar refractivity (Wildman–Crippen MR) is 95.1 cm³/mol. The molecule has 7 heteroatoms. The van der Waals surface area contributed by atoms with Crippen LogP contribution in [0.2, 0.25) is 0 Å². The van der Waals surface area contributed by atoms with E-state index in [0.29, 0.717) is 23.8 Å². The zero-order valence-corrected chi connectivity index (χ0v) is 15.2. The molecule has 2 aliphatic rings. The van der Waals surface area contributed by atoms with Crippen LogP contribution < -0.4 is 19.7 Å². The average molecular weight is 348 g/mol. The molecule has 0 aromatic carbocycles. The van der Waals surface area contributed by atoms with Crippen LogP contribution in [0.1, 0.15) is 44.9 Å². The smallest absolute Gasteiger partial charge is 0.231 e. The highest BCUT2D eigenvalue weighted by atomic mass is 16.5. The van der Waals surface area contributed by atoms with Gasteiger partial charge in [-0.3, -0.25) is 4.79 Å². The van der Waals surface area contributed by atoms with Gasteiger partial charge in [-0.1, -0.05) is 19.3 Å². The molecule has 1 aliphatic carbocycles. The van der Waals surface area contributed by atoms with Gasteiger partial charge in [0.2, 0.25) is 23.6 Å². The number of amides is 1. The topological polar surface area (TPSA) is 76.6 Å². The summed E-state index contributed by atoms with van der Waals surface area (Å²) in [7, 11) is 3.15. The van der Waals surface area contributed by atoms with Crippen LogP contribution in [0.3, 0.4) is 0 Å². The van der Waals surface area contributed by atoms with Gasteiger partial charge in [0.05, 0.1) is 20.3 Å². The lowest BCUT2D eigenvalue weighted by atomic mass is 9.92. The Balaban J connectivity index is 1.55. The van der Waals surface area contributed by atoms with E-state index < -0.39 is 0 Å². The summed E-state index contributed by atoms with van der Waals surface area (Å²) in [6.07, 6.45) is 7.67. The van der Waals surface area contributed by atoms with Crippen molar-refractivity contribution in [3.8, 4) is 11.8 Å². The number of hydrogen-bond donors (Lipinski definition) is 1. The molecule has 0 radical (unpaired) electrons. The second-order valence-corrected chi connectivity index (χ2v) is 6.86. The van der Waals surface area contributed by atoms with E-state index in [-0.39, 0.29) is 11.8 Å². The Bertz CT molecular complexity index is 559. The van der Waals surface area contributed by atoms with Gasteiger partial charge in [0.1, 0.15) is 0 Å². The third-order valence-electron chi connectivity index (χ3n) is 5.19. The fraction of sp³-hybridized carbons (Fsp3) is 0.722. The number of methoxy groups -OCH3 is 2. The first-order valence-electron chi connectivity index (χ1n) is 9.22. The summed E-state index contributed by atoms with van der Waals surface area (Å²) in [5.41, 5.74) is 0. The Labute approximate surface area is 149 Å². The van der Waals surface area contributed by atoms with Gasteiger partial charge in [-0.25, -0.2) is 0 Å². The zero-order chi connectivity index (χ0) is 17.6. The Morgan fingerprint density at radius 1 is 1.04 bits per heavy atom. The number of rotatable bonds is 5. The molecule has 7 nitrogen and oxygen atoms in total. The third-order valence-corrected chi connectivity index (χ3v) is 5.19. The van der Waals surface area contributed by atoms with Gasteiger partial charge in [0, 0.05) is 25.0 Å². The van der Waals surface area contributed by atoms with Crippen LogP contribution in [0.25, 0.3) is 0 Å². The van der Waals surface area contributed by atoms with E-state index >= 15 is 0 Å². The SMILES string of the molecule is COc1cc(OC)nc(N2CCC(C(=O)NC3CCCCC3)CC2)n1. The molecular formula is C18H28N4O3. The molecule has 2 heterocycles. The second kappa shape index (κ2) is 8.36. The molecule has 0 atom stereocenters. The van der Waals surface area contributed by atoms with E-state index in [0.717, 1.165) is 38.8 Å². The van der Waals surface area contributed by atoms with E-state index in [1.165, 1.54) is 19.3 Å². The summed E-state index contributed by atoms with van der Waals surface area (Å²) in [4.78, 5) is 23.4. The van der Waals surface area contributed by atoms with Crippen molar-refractivity contribution in [2.45, 2.75) is 51.0 Å². The lowest BCUT2D eigenvalue weighted by Crippen LogP contribution is -2.44. The van der Waals surface area contributed by atoms with Crippen LogP contribution in [-0.4, -0.2) is 49.2 Å². The van der Waals surface area contributed by atoms with Gasteiger partial charge in [-0.15, -0.1) is 0 Å². The van der Waals surface area contributed by atoms with Crippen molar-refractivity contribution in [3.05, 3.63) is 6.07 Å². The molecule has 25 heavy (non-hydrogen) atoms. The van der Waals surface area contributed by atoms with Crippen LogP contribution in [0.4, 0.5) is 5.95 Å². The number of carbonyl (C=O) groups excluding carboxylic acids is 1. The highest BCUT2D eigenvalue weighted by molar-refractivity contribution is 5.79. The van der Waals surface area contributed by atoms with Crippen molar-refractivity contribution in [2.24, 2.45) is 5.92 Å². The largest absolute Gasteiger partial charge is 0.481 e. The first kappa shape index (κ1) is 17.8. The van der Waals surface area contributed by atoms with Crippen molar-refractivity contribution in [1.29, 1.82) is 0 Å². The van der Waals surface area contributed by atoms with Crippen molar-refractivity contribution in [2.75, 3.05) is 32.2 Å². The van der Waals surface area contributed by atoms with Crippen molar-refractivity contribution in [1.82, 2.24) is 15.3 Å². The number of hydrogen-bond acceptors (Lipinski definition) is 6. The molecule has 1 aliphatic heterocycles. The average Bonchev–Trinajstić information content (AvgIpc) is 2.68. The van der Waals surface area contributed by atoms with Gasteiger partial charge in [0.25, 0.3) is 0 Å². The van der Waals surface area contributed by atoms with E-state index in [1.54, 1.807) is 20.3 Å². The molecule has 1 saturated carbocycles. The highest BCUT2D eigenvalue weighted by Crippen LogP contribution is 2.25. The van der Waals surface area contributed by atoms with Gasteiger partial charge < -0.3 is 19.7 Å². The molecule has 0 unspecified atom stereocenters. The maximum Gasteiger partial charge on any atom is 0.231 e.